The third kappa shape index (κ3) is 4.32. The summed E-state index contributed by atoms with van der Waals surface area (Å²) >= 11 is 0. The van der Waals surface area contributed by atoms with Gasteiger partial charge < -0.3 is 9.15 Å². The molecule has 0 aliphatic rings. The van der Waals surface area contributed by atoms with Crippen LogP contribution in [0.3, 0.4) is 0 Å². The van der Waals surface area contributed by atoms with Crippen LogP contribution in [0, 0.1) is 12.7 Å². The highest BCUT2D eigenvalue weighted by molar-refractivity contribution is 7.89. The van der Waals surface area contributed by atoms with Gasteiger partial charge in [0.1, 0.15) is 11.6 Å². The molecule has 142 valence electrons. The molecular weight excluding hydrogens is 373 g/mol. The molecule has 0 unspecified atom stereocenters. The van der Waals surface area contributed by atoms with Gasteiger partial charge in [0.2, 0.25) is 15.9 Å². The standard InChI is InChI=1S/C18H18FN3O4S/c1-12-11-13(25-2)7-8-16(12)27(23,24)20-10-9-17-21-22-18(26-17)14-5-3-4-6-15(14)19/h3-8,11,20H,9-10H2,1-2H3. The van der Waals surface area contributed by atoms with Gasteiger partial charge in [0.25, 0.3) is 5.89 Å². The molecule has 0 saturated carbocycles. The van der Waals surface area contributed by atoms with Gasteiger partial charge in [-0.05, 0) is 42.8 Å². The number of aryl methyl sites for hydroxylation is 1. The predicted molar refractivity (Wildman–Crippen MR) is 96.3 cm³/mol. The van der Waals surface area contributed by atoms with Gasteiger partial charge in [-0.1, -0.05) is 12.1 Å². The molecular formula is C18H18FN3O4S. The molecule has 0 amide bonds. The molecule has 7 nitrogen and oxygen atoms in total. The van der Waals surface area contributed by atoms with Crippen molar-refractivity contribution in [2.45, 2.75) is 18.2 Å². The van der Waals surface area contributed by atoms with E-state index in [0.29, 0.717) is 11.3 Å². The van der Waals surface area contributed by atoms with Crippen molar-refractivity contribution in [3.8, 4) is 17.2 Å². The minimum absolute atomic E-state index is 0.0527. The Kier molecular flexibility index (Phi) is 5.52. The number of hydrogen-bond acceptors (Lipinski definition) is 6. The average molecular weight is 391 g/mol. The number of sulfonamides is 1. The molecule has 0 fully saturated rings. The van der Waals surface area contributed by atoms with Crippen LogP contribution in [0.5, 0.6) is 5.75 Å². The number of benzene rings is 2. The van der Waals surface area contributed by atoms with Gasteiger partial charge in [-0.15, -0.1) is 10.2 Å². The average Bonchev–Trinajstić information content (AvgIpc) is 3.10. The summed E-state index contributed by atoms with van der Waals surface area (Å²) in [4.78, 5) is 0.167. The summed E-state index contributed by atoms with van der Waals surface area (Å²) in [5, 5.41) is 7.64. The fourth-order valence-electron chi connectivity index (χ4n) is 2.52. The van der Waals surface area contributed by atoms with E-state index < -0.39 is 15.8 Å². The maximum Gasteiger partial charge on any atom is 0.250 e. The Hall–Kier alpha value is -2.78. The molecule has 0 aliphatic heterocycles. The molecule has 2 aromatic carbocycles. The van der Waals surface area contributed by atoms with E-state index in [0.717, 1.165) is 0 Å². The maximum absolute atomic E-state index is 13.7. The summed E-state index contributed by atoms with van der Waals surface area (Å²) in [7, 11) is -2.18. The first kappa shape index (κ1) is 19.0. The molecule has 3 rings (SSSR count). The zero-order valence-electron chi connectivity index (χ0n) is 14.8. The lowest BCUT2D eigenvalue weighted by molar-refractivity contribution is 0.414. The lowest BCUT2D eigenvalue weighted by atomic mass is 10.2. The summed E-state index contributed by atoms with van der Waals surface area (Å²) in [6.07, 6.45) is 0.176. The first-order valence-corrected chi connectivity index (χ1v) is 9.60. The Morgan fingerprint density at radius 1 is 1.19 bits per heavy atom. The van der Waals surface area contributed by atoms with Crippen LogP contribution in [0.2, 0.25) is 0 Å². The van der Waals surface area contributed by atoms with Crippen LogP contribution in [-0.4, -0.2) is 32.3 Å². The highest BCUT2D eigenvalue weighted by Gasteiger charge is 2.18. The molecule has 1 aromatic heterocycles. The Balaban J connectivity index is 1.65. The number of methoxy groups -OCH3 is 1. The first-order valence-electron chi connectivity index (χ1n) is 8.12. The summed E-state index contributed by atoms with van der Waals surface area (Å²) < 4.78 is 51.6. The number of halogens is 1. The summed E-state index contributed by atoms with van der Waals surface area (Å²) in [6, 6.07) is 10.8. The molecule has 3 aromatic rings. The van der Waals surface area contributed by atoms with Gasteiger partial charge in [0, 0.05) is 13.0 Å². The lowest BCUT2D eigenvalue weighted by Crippen LogP contribution is -2.26. The van der Waals surface area contributed by atoms with Gasteiger partial charge in [0.15, 0.2) is 0 Å². The van der Waals surface area contributed by atoms with Gasteiger partial charge >= 0.3 is 0 Å². The number of hydrogen-bond donors (Lipinski definition) is 1. The fraction of sp³-hybridized carbons (Fsp3) is 0.222. The molecule has 0 spiro atoms. The Morgan fingerprint density at radius 3 is 2.67 bits per heavy atom. The number of nitrogens with zero attached hydrogens (tertiary/aromatic N) is 2. The molecule has 9 heteroatoms. The second-order valence-electron chi connectivity index (χ2n) is 5.76. The van der Waals surface area contributed by atoms with Crippen molar-refractivity contribution in [2.75, 3.05) is 13.7 Å². The summed E-state index contributed by atoms with van der Waals surface area (Å²) in [5.74, 6) is 0.376. The molecule has 0 aliphatic carbocycles. The molecule has 0 bridgehead atoms. The third-order valence-electron chi connectivity index (χ3n) is 3.87. The van der Waals surface area contributed by atoms with Crippen molar-refractivity contribution in [3.63, 3.8) is 0 Å². The van der Waals surface area contributed by atoms with E-state index >= 15 is 0 Å². The molecule has 1 N–H and O–H groups in total. The molecule has 0 radical (unpaired) electrons. The minimum atomic E-state index is -3.69. The van der Waals surface area contributed by atoms with E-state index in [1.165, 1.54) is 25.3 Å². The minimum Gasteiger partial charge on any atom is -0.497 e. The lowest BCUT2D eigenvalue weighted by Gasteiger charge is -2.09. The second-order valence-corrected chi connectivity index (χ2v) is 7.50. The zero-order valence-corrected chi connectivity index (χ0v) is 15.6. The Labute approximate surface area is 156 Å². The van der Waals surface area contributed by atoms with E-state index in [4.69, 9.17) is 9.15 Å². The van der Waals surface area contributed by atoms with Crippen LogP contribution in [0.15, 0.2) is 51.8 Å². The van der Waals surface area contributed by atoms with E-state index in [1.54, 1.807) is 31.2 Å². The topological polar surface area (TPSA) is 94.3 Å². The number of nitrogens with one attached hydrogen (secondary N) is 1. The van der Waals surface area contributed by atoms with Gasteiger partial charge in [-0.3, -0.25) is 0 Å². The first-order chi connectivity index (χ1) is 12.9. The van der Waals surface area contributed by atoms with E-state index in [2.05, 4.69) is 14.9 Å². The number of rotatable bonds is 7. The van der Waals surface area contributed by atoms with E-state index in [1.807, 2.05) is 0 Å². The van der Waals surface area contributed by atoms with Crippen LogP contribution in [0.25, 0.3) is 11.5 Å². The summed E-state index contributed by atoms with van der Waals surface area (Å²) in [5.41, 5.74) is 0.771. The zero-order chi connectivity index (χ0) is 19.4. The monoisotopic (exact) mass is 391 g/mol. The molecule has 0 atom stereocenters. The predicted octanol–water partition coefficient (Wildman–Crippen LogP) is 2.71. The van der Waals surface area contributed by atoms with E-state index in [9.17, 15) is 12.8 Å². The molecule has 0 saturated heterocycles. The maximum atomic E-state index is 13.7. The number of aromatic nitrogens is 2. The van der Waals surface area contributed by atoms with Crippen LogP contribution in [-0.2, 0) is 16.4 Å². The van der Waals surface area contributed by atoms with Gasteiger partial charge in [-0.25, -0.2) is 17.5 Å². The quantitative estimate of drug-likeness (QED) is 0.666. The van der Waals surface area contributed by atoms with Crippen molar-refractivity contribution >= 4 is 10.0 Å². The van der Waals surface area contributed by atoms with Gasteiger partial charge in [-0.2, -0.15) is 0 Å². The third-order valence-corrected chi connectivity index (χ3v) is 5.49. The van der Waals surface area contributed by atoms with Crippen molar-refractivity contribution in [1.29, 1.82) is 0 Å². The van der Waals surface area contributed by atoms with Crippen LogP contribution < -0.4 is 9.46 Å². The molecule has 1 heterocycles. The highest BCUT2D eigenvalue weighted by Crippen LogP contribution is 2.22. The van der Waals surface area contributed by atoms with Crippen LogP contribution in [0.1, 0.15) is 11.5 Å². The highest BCUT2D eigenvalue weighted by atomic mass is 32.2. The van der Waals surface area contributed by atoms with E-state index in [-0.39, 0.29) is 35.2 Å². The van der Waals surface area contributed by atoms with Crippen molar-refractivity contribution < 1.29 is 22.0 Å². The SMILES string of the molecule is COc1ccc(S(=O)(=O)NCCc2nnc(-c3ccccc3F)o2)c(C)c1. The van der Waals surface area contributed by atoms with Crippen LogP contribution >= 0.6 is 0 Å². The smallest absolute Gasteiger partial charge is 0.250 e. The fourth-order valence-corrected chi connectivity index (χ4v) is 3.77. The largest absolute Gasteiger partial charge is 0.497 e. The van der Waals surface area contributed by atoms with Crippen molar-refractivity contribution in [2.24, 2.45) is 0 Å². The second kappa shape index (κ2) is 7.85. The van der Waals surface area contributed by atoms with Gasteiger partial charge in [0.05, 0.1) is 17.6 Å². The van der Waals surface area contributed by atoms with Crippen molar-refractivity contribution in [1.82, 2.24) is 14.9 Å². The normalized spacial score (nSPS) is 11.5. The number of ether oxygens (including phenoxy) is 1. The van der Waals surface area contributed by atoms with Crippen molar-refractivity contribution in [3.05, 3.63) is 59.7 Å². The Bertz CT molecular complexity index is 1050. The Morgan fingerprint density at radius 2 is 1.96 bits per heavy atom. The van der Waals surface area contributed by atoms with Crippen LogP contribution in [0.4, 0.5) is 4.39 Å². The molecule has 27 heavy (non-hydrogen) atoms. The summed E-state index contributed by atoms with van der Waals surface area (Å²) in [6.45, 7) is 1.75.